The topological polar surface area (TPSA) is 55.1 Å². The zero-order chi connectivity index (χ0) is 15.2. The molecule has 1 rings (SSSR count). The van der Waals surface area contributed by atoms with Gasteiger partial charge in [-0.2, -0.15) is 0 Å². The summed E-state index contributed by atoms with van der Waals surface area (Å²) in [6.45, 7) is 7.05. The minimum atomic E-state index is -0.505. The number of halogens is 1. The highest BCUT2D eigenvalue weighted by Gasteiger charge is 2.12. The number of benzene rings is 1. The molecule has 0 bridgehead atoms. The fourth-order valence-corrected chi connectivity index (χ4v) is 1.56. The molecule has 20 heavy (non-hydrogen) atoms. The Morgan fingerprint density at radius 2 is 2.10 bits per heavy atom. The summed E-state index contributed by atoms with van der Waals surface area (Å²) in [5.41, 5.74) is 5.94. The van der Waals surface area contributed by atoms with Crippen molar-refractivity contribution in [1.82, 2.24) is 5.32 Å². The van der Waals surface area contributed by atoms with Gasteiger partial charge in [-0.15, -0.1) is 0 Å². The molecule has 0 fully saturated rings. The average molecular weight is 276 g/mol. The Hall–Kier alpha value is -1.86. The molecule has 0 atom stereocenters. The van der Waals surface area contributed by atoms with E-state index in [1.165, 1.54) is 12.1 Å². The number of carbonyl (C=O) groups is 1. The first-order chi connectivity index (χ1) is 9.33. The predicted octanol–water partition coefficient (Wildman–Crippen LogP) is 2.30. The summed E-state index contributed by atoms with van der Waals surface area (Å²) in [7, 11) is 0. The SMILES string of the molecule is CC(C)(C)CCNC(=O)c1ccc(C#CCN)c(F)c1. The fraction of sp³-hybridized carbons (Fsp3) is 0.438. The number of carbonyl (C=O) groups excluding carboxylic acids is 1. The van der Waals surface area contributed by atoms with Crippen molar-refractivity contribution in [3.63, 3.8) is 0 Å². The summed E-state index contributed by atoms with van der Waals surface area (Å²) in [5.74, 6) is 4.43. The lowest BCUT2D eigenvalue weighted by molar-refractivity contribution is 0.0949. The van der Waals surface area contributed by atoms with Crippen LogP contribution < -0.4 is 11.1 Å². The Balaban J connectivity index is 2.68. The van der Waals surface area contributed by atoms with Crippen LogP contribution in [0.2, 0.25) is 0 Å². The third kappa shape index (κ3) is 5.41. The highest BCUT2D eigenvalue weighted by atomic mass is 19.1. The lowest BCUT2D eigenvalue weighted by atomic mass is 9.92. The van der Waals surface area contributed by atoms with Gasteiger partial charge < -0.3 is 11.1 Å². The highest BCUT2D eigenvalue weighted by Crippen LogP contribution is 2.17. The van der Waals surface area contributed by atoms with Gasteiger partial charge in [-0.3, -0.25) is 4.79 Å². The van der Waals surface area contributed by atoms with Crippen molar-refractivity contribution in [3.8, 4) is 11.8 Å². The molecule has 108 valence electrons. The second-order valence-corrected chi connectivity index (χ2v) is 5.77. The Bertz CT molecular complexity index is 536. The average Bonchev–Trinajstić information content (AvgIpc) is 2.35. The van der Waals surface area contributed by atoms with E-state index < -0.39 is 5.82 Å². The van der Waals surface area contributed by atoms with Crippen LogP contribution in [0.5, 0.6) is 0 Å². The molecule has 0 saturated carbocycles. The second-order valence-electron chi connectivity index (χ2n) is 5.77. The van der Waals surface area contributed by atoms with E-state index in [9.17, 15) is 9.18 Å². The smallest absolute Gasteiger partial charge is 0.251 e. The summed E-state index contributed by atoms with van der Waals surface area (Å²) in [6, 6.07) is 4.26. The first kappa shape index (κ1) is 16.2. The molecular weight excluding hydrogens is 255 g/mol. The first-order valence-electron chi connectivity index (χ1n) is 6.60. The van der Waals surface area contributed by atoms with E-state index in [4.69, 9.17) is 5.73 Å². The van der Waals surface area contributed by atoms with Crippen LogP contribution in [0.15, 0.2) is 18.2 Å². The van der Waals surface area contributed by atoms with E-state index in [1.807, 2.05) is 0 Å². The van der Waals surface area contributed by atoms with Gasteiger partial charge in [-0.1, -0.05) is 32.6 Å². The van der Waals surface area contributed by atoms with Crippen molar-refractivity contribution in [2.45, 2.75) is 27.2 Å². The lowest BCUT2D eigenvalue weighted by Crippen LogP contribution is -2.27. The zero-order valence-corrected chi connectivity index (χ0v) is 12.2. The monoisotopic (exact) mass is 276 g/mol. The molecule has 0 aromatic heterocycles. The van der Waals surface area contributed by atoms with E-state index in [0.29, 0.717) is 12.1 Å². The number of rotatable bonds is 3. The van der Waals surface area contributed by atoms with Crippen molar-refractivity contribution >= 4 is 5.91 Å². The van der Waals surface area contributed by atoms with Crippen LogP contribution in [0, 0.1) is 23.1 Å². The van der Waals surface area contributed by atoms with Gasteiger partial charge in [0.05, 0.1) is 12.1 Å². The van der Waals surface area contributed by atoms with Crippen LogP contribution >= 0.6 is 0 Å². The minimum absolute atomic E-state index is 0.153. The van der Waals surface area contributed by atoms with Gasteiger partial charge in [0.25, 0.3) is 5.91 Å². The number of hydrogen-bond acceptors (Lipinski definition) is 2. The van der Waals surface area contributed by atoms with Gasteiger partial charge >= 0.3 is 0 Å². The van der Waals surface area contributed by atoms with Gasteiger partial charge in [0, 0.05) is 12.1 Å². The Morgan fingerprint density at radius 3 is 2.65 bits per heavy atom. The molecule has 4 heteroatoms. The summed E-state index contributed by atoms with van der Waals surface area (Å²) < 4.78 is 13.7. The molecule has 0 aliphatic heterocycles. The van der Waals surface area contributed by atoms with Crippen LogP contribution in [0.25, 0.3) is 0 Å². The maximum absolute atomic E-state index is 13.7. The van der Waals surface area contributed by atoms with Gasteiger partial charge in [-0.05, 0) is 30.0 Å². The molecule has 1 aromatic rings. The van der Waals surface area contributed by atoms with Crippen LogP contribution in [0.1, 0.15) is 43.1 Å². The van der Waals surface area contributed by atoms with Crippen LogP contribution in [0.3, 0.4) is 0 Å². The maximum Gasteiger partial charge on any atom is 0.251 e. The van der Waals surface area contributed by atoms with Crippen LogP contribution in [0.4, 0.5) is 4.39 Å². The number of hydrogen-bond donors (Lipinski definition) is 2. The van der Waals surface area contributed by atoms with E-state index in [2.05, 4.69) is 37.9 Å². The molecular formula is C16H21FN2O. The van der Waals surface area contributed by atoms with Gasteiger partial charge in [-0.25, -0.2) is 4.39 Å². The number of nitrogens with one attached hydrogen (secondary N) is 1. The summed E-state index contributed by atoms with van der Waals surface area (Å²) in [6.07, 6.45) is 0.862. The molecule has 0 aliphatic rings. The molecule has 1 amide bonds. The Kier molecular flexibility index (Phi) is 5.72. The van der Waals surface area contributed by atoms with Crippen LogP contribution in [-0.2, 0) is 0 Å². The Labute approximate surface area is 119 Å². The largest absolute Gasteiger partial charge is 0.352 e. The fourth-order valence-electron chi connectivity index (χ4n) is 1.56. The maximum atomic E-state index is 13.7. The van der Waals surface area contributed by atoms with Crippen molar-refractivity contribution in [3.05, 3.63) is 35.1 Å². The molecule has 0 spiro atoms. The standard InChI is InChI=1S/C16H21FN2O/c1-16(2,3)8-10-19-15(20)13-7-6-12(5-4-9-18)14(17)11-13/h6-7,11H,8-10,18H2,1-3H3,(H,19,20). The normalized spacial score (nSPS) is 10.7. The van der Waals surface area contributed by atoms with E-state index in [-0.39, 0.29) is 23.4 Å². The summed E-state index contributed by atoms with van der Waals surface area (Å²) in [4.78, 5) is 11.9. The molecule has 0 aliphatic carbocycles. The Morgan fingerprint density at radius 1 is 1.40 bits per heavy atom. The predicted molar refractivity (Wildman–Crippen MR) is 78.7 cm³/mol. The van der Waals surface area contributed by atoms with Gasteiger partial charge in [0.1, 0.15) is 5.82 Å². The minimum Gasteiger partial charge on any atom is -0.352 e. The number of nitrogens with two attached hydrogens (primary N) is 1. The quantitative estimate of drug-likeness (QED) is 0.832. The van der Waals surface area contributed by atoms with Crippen molar-refractivity contribution in [1.29, 1.82) is 0 Å². The molecule has 0 heterocycles. The van der Waals surface area contributed by atoms with E-state index in [1.54, 1.807) is 6.07 Å². The third-order valence-corrected chi connectivity index (χ3v) is 2.72. The van der Waals surface area contributed by atoms with E-state index in [0.717, 1.165) is 6.42 Å². The third-order valence-electron chi connectivity index (χ3n) is 2.72. The number of amides is 1. The first-order valence-corrected chi connectivity index (χ1v) is 6.60. The summed E-state index contributed by atoms with van der Waals surface area (Å²) in [5, 5.41) is 2.78. The lowest BCUT2D eigenvalue weighted by Gasteiger charge is -2.18. The van der Waals surface area contributed by atoms with Crippen molar-refractivity contribution in [2.24, 2.45) is 11.1 Å². The molecule has 3 nitrogen and oxygen atoms in total. The molecule has 0 saturated heterocycles. The van der Waals surface area contributed by atoms with E-state index >= 15 is 0 Å². The highest BCUT2D eigenvalue weighted by molar-refractivity contribution is 5.94. The second kappa shape index (κ2) is 7.06. The van der Waals surface area contributed by atoms with Crippen molar-refractivity contribution in [2.75, 3.05) is 13.1 Å². The summed E-state index contributed by atoms with van der Waals surface area (Å²) >= 11 is 0. The molecule has 0 radical (unpaired) electrons. The van der Waals surface area contributed by atoms with Gasteiger partial charge in [0.2, 0.25) is 0 Å². The molecule has 3 N–H and O–H groups in total. The van der Waals surface area contributed by atoms with Crippen molar-refractivity contribution < 1.29 is 9.18 Å². The zero-order valence-electron chi connectivity index (χ0n) is 12.2. The molecule has 0 unspecified atom stereocenters. The van der Waals surface area contributed by atoms with Crippen LogP contribution in [-0.4, -0.2) is 19.0 Å². The van der Waals surface area contributed by atoms with Gasteiger partial charge in [0.15, 0.2) is 0 Å². The molecule has 1 aromatic carbocycles.